The van der Waals surface area contributed by atoms with E-state index in [1.165, 1.54) is 6.20 Å². The van der Waals surface area contributed by atoms with Crippen LogP contribution >= 0.6 is 0 Å². The van der Waals surface area contributed by atoms with Crippen LogP contribution in [-0.2, 0) is 0 Å². The molecule has 0 unspecified atom stereocenters. The lowest BCUT2D eigenvalue weighted by atomic mass is 10.1. The molecule has 2 heterocycles. The van der Waals surface area contributed by atoms with E-state index in [2.05, 4.69) is 15.0 Å². The number of aromatic carboxylic acids is 1. The molecule has 1 N–H and O–H groups in total. The Balaban J connectivity index is 2.16. The topological polar surface area (TPSA) is 76.0 Å². The lowest BCUT2D eigenvalue weighted by Crippen LogP contribution is -2.04. The molecule has 0 aliphatic heterocycles. The number of benzene rings is 1. The first-order valence-corrected chi connectivity index (χ1v) is 6.73. The number of hydrogen-bond donors (Lipinski definition) is 1. The highest BCUT2D eigenvalue weighted by Crippen LogP contribution is 2.24. The van der Waals surface area contributed by atoms with Gasteiger partial charge >= 0.3 is 5.97 Å². The number of carbonyl (C=O) groups is 1. The highest BCUT2D eigenvalue weighted by atomic mass is 16.4. The van der Waals surface area contributed by atoms with Gasteiger partial charge in [0.2, 0.25) is 0 Å². The number of carboxylic acids is 1. The van der Waals surface area contributed by atoms with Crippen LogP contribution in [0.5, 0.6) is 0 Å². The smallest absolute Gasteiger partial charge is 0.339 e. The van der Waals surface area contributed by atoms with Crippen molar-refractivity contribution in [3.05, 3.63) is 66.1 Å². The predicted molar refractivity (Wildman–Crippen MR) is 82.4 cm³/mol. The van der Waals surface area contributed by atoms with Crippen molar-refractivity contribution in [3.63, 3.8) is 0 Å². The van der Waals surface area contributed by atoms with E-state index in [1.807, 2.05) is 31.2 Å². The van der Waals surface area contributed by atoms with Gasteiger partial charge in [0.1, 0.15) is 5.56 Å². The van der Waals surface area contributed by atoms with E-state index in [0.29, 0.717) is 17.1 Å². The first-order valence-electron chi connectivity index (χ1n) is 6.73. The first kappa shape index (κ1) is 13.9. The second kappa shape index (κ2) is 5.73. The van der Waals surface area contributed by atoms with E-state index in [1.54, 1.807) is 24.5 Å². The largest absolute Gasteiger partial charge is 0.478 e. The molecule has 0 saturated heterocycles. The van der Waals surface area contributed by atoms with Crippen LogP contribution in [0.1, 0.15) is 15.9 Å². The fourth-order valence-electron chi connectivity index (χ4n) is 2.11. The molecule has 2 aromatic heterocycles. The third-order valence-corrected chi connectivity index (χ3v) is 3.28. The minimum Gasteiger partial charge on any atom is -0.478 e. The fraction of sp³-hybridized carbons (Fsp3) is 0.0588. The number of carboxylic acid groups (broad SMARTS) is 1. The molecule has 0 spiro atoms. The van der Waals surface area contributed by atoms with Gasteiger partial charge in [-0.1, -0.05) is 29.8 Å². The Hall–Kier alpha value is -3.08. The minimum atomic E-state index is -1.05. The molecular formula is C17H13N3O2. The van der Waals surface area contributed by atoms with Crippen LogP contribution in [0.3, 0.4) is 0 Å². The molecular weight excluding hydrogens is 278 g/mol. The third-order valence-electron chi connectivity index (χ3n) is 3.28. The number of rotatable bonds is 3. The van der Waals surface area contributed by atoms with Crippen molar-refractivity contribution in [1.82, 2.24) is 15.0 Å². The average molecular weight is 291 g/mol. The standard InChI is InChI=1S/C17H13N3O2/c1-11-2-4-13(5-3-11)16-19-10-14(17(21)22)15(20-16)12-6-8-18-9-7-12/h2-10H,1H3,(H,21,22). The van der Waals surface area contributed by atoms with Crippen LogP contribution in [0, 0.1) is 6.92 Å². The first-order chi connectivity index (χ1) is 10.6. The normalized spacial score (nSPS) is 10.4. The highest BCUT2D eigenvalue weighted by Gasteiger charge is 2.15. The van der Waals surface area contributed by atoms with Gasteiger partial charge in [0, 0.05) is 29.7 Å². The van der Waals surface area contributed by atoms with Crippen molar-refractivity contribution in [2.24, 2.45) is 0 Å². The molecule has 3 aromatic rings. The van der Waals surface area contributed by atoms with Gasteiger partial charge < -0.3 is 5.11 Å². The van der Waals surface area contributed by atoms with Crippen LogP contribution in [-0.4, -0.2) is 26.0 Å². The summed E-state index contributed by atoms with van der Waals surface area (Å²) < 4.78 is 0. The van der Waals surface area contributed by atoms with Crippen molar-refractivity contribution in [2.75, 3.05) is 0 Å². The Morgan fingerprint density at radius 2 is 1.68 bits per heavy atom. The second-order valence-electron chi connectivity index (χ2n) is 4.86. The fourth-order valence-corrected chi connectivity index (χ4v) is 2.11. The number of nitrogens with zero attached hydrogens (tertiary/aromatic N) is 3. The maximum Gasteiger partial charge on any atom is 0.339 e. The monoisotopic (exact) mass is 291 g/mol. The lowest BCUT2D eigenvalue weighted by Gasteiger charge is -2.08. The van der Waals surface area contributed by atoms with Gasteiger partial charge in [0.05, 0.1) is 5.69 Å². The number of pyridine rings is 1. The van der Waals surface area contributed by atoms with E-state index < -0.39 is 5.97 Å². The second-order valence-corrected chi connectivity index (χ2v) is 4.86. The van der Waals surface area contributed by atoms with Crippen LogP contribution < -0.4 is 0 Å². The molecule has 3 rings (SSSR count). The van der Waals surface area contributed by atoms with Gasteiger partial charge in [-0.2, -0.15) is 0 Å². The molecule has 0 amide bonds. The van der Waals surface area contributed by atoms with Crippen molar-refractivity contribution < 1.29 is 9.90 Å². The van der Waals surface area contributed by atoms with Gasteiger partial charge in [-0.05, 0) is 19.1 Å². The number of aryl methyl sites for hydroxylation is 1. The molecule has 0 radical (unpaired) electrons. The Morgan fingerprint density at radius 1 is 1.00 bits per heavy atom. The summed E-state index contributed by atoms with van der Waals surface area (Å²) in [7, 11) is 0. The number of aromatic nitrogens is 3. The van der Waals surface area contributed by atoms with Gasteiger partial charge in [0.25, 0.3) is 0 Å². The Kier molecular flexibility index (Phi) is 3.62. The maximum absolute atomic E-state index is 11.4. The molecule has 0 saturated carbocycles. The number of hydrogen-bond acceptors (Lipinski definition) is 4. The van der Waals surface area contributed by atoms with Crippen LogP contribution in [0.4, 0.5) is 0 Å². The summed E-state index contributed by atoms with van der Waals surface area (Å²) in [4.78, 5) is 24.0. The van der Waals surface area contributed by atoms with E-state index >= 15 is 0 Å². The molecule has 1 aromatic carbocycles. The lowest BCUT2D eigenvalue weighted by molar-refractivity contribution is 0.0697. The van der Waals surface area contributed by atoms with Crippen LogP contribution in [0.2, 0.25) is 0 Å². The summed E-state index contributed by atoms with van der Waals surface area (Å²) in [5, 5.41) is 9.33. The Morgan fingerprint density at radius 3 is 2.32 bits per heavy atom. The summed E-state index contributed by atoms with van der Waals surface area (Å²) in [5.74, 6) is -0.556. The zero-order valence-electron chi connectivity index (χ0n) is 11.9. The van der Waals surface area contributed by atoms with Crippen molar-refractivity contribution in [3.8, 4) is 22.6 Å². The molecule has 0 aliphatic rings. The van der Waals surface area contributed by atoms with E-state index in [-0.39, 0.29) is 5.56 Å². The van der Waals surface area contributed by atoms with Gasteiger partial charge in [0.15, 0.2) is 5.82 Å². The molecule has 22 heavy (non-hydrogen) atoms. The SMILES string of the molecule is Cc1ccc(-c2ncc(C(=O)O)c(-c3ccncc3)n2)cc1. The van der Waals surface area contributed by atoms with E-state index in [0.717, 1.165) is 11.1 Å². The predicted octanol–water partition coefficient (Wildman–Crippen LogP) is 3.21. The summed E-state index contributed by atoms with van der Waals surface area (Å²) in [6.45, 7) is 2.00. The summed E-state index contributed by atoms with van der Waals surface area (Å²) in [6.07, 6.45) is 4.56. The molecule has 108 valence electrons. The summed E-state index contributed by atoms with van der Waals surface area (Å²) >= 11 is 0. The molecule has 0 atom stereocenters. The zero-order chi connectivity index (χ0) is 15.5. The van der Waals surface area contributed by atoms with Crippen LogP contribution in [0.15, 0.2) is 55.0 Å². The average Bonchev–Trinajstić information content (AvgIpc) is 2.56. The molecule has 5 heteroatoms. The maximum atomic E-state index is 11.4. The molecule has 5 nitrogen and oxygen atoms in total. The van der Waals surface area contributed by atoms with Crippen molar-refractivity contribution >= 4 is 5.97 Å². The van der Waals surface area contributed by atoms with Crippen molar-refractivity contribution in [2.45, 2.75) is 6.92 Å². The third kappa shape index (κ3) is 2.69. The van der Waals surface area contributed by atoms with Gasteiger partial charge in [-0.3, -0.25) is 4.98 Å². The van der Waals surface area contributed by atoms with E-state index in [4.69, 9.17) is 0 Å². The van der Waals surface area contributed by atoms with Gasteiger partial charge in [-0.25, -0.2) is 14.8 Å². The summed E-state index contributed by atoms with van der Waals surface area (Å²) in [6, 6.07) is 11.2. The summed E-state index contributed by atoms with van der Waals surface area (Å²) in [5.41, 5.74) is 3.14. The molecule has 0 aliphatic carbocycles. The Labute approximate surface area is 127 Å². The Bertz CT molecular complexity index is 815. The molecule has 0 fully saturated rings. The minimum absolute atomic E-state index is 0.0714. The van der Waals surface area contributed by atoms with Gasteiger partial charge in [-0.15, -0.1) is 0 Å². The quantitative estimate of drug-likeness (QED) is 0.801. The molecule has 0 bridgehead atoms. The van der Waals surface area contributed by atoms with Crippen LogP contribution in [0.25, 0.3) is 22.6 Å². The van der Waals surface area contributed by atoms with Crippen molar-refractivity contribution in [1.29, 1.82) is 0 Å². The van der Waals surface area contributed by atoms with E-state index in [9.17, 15) is 9.90 Å². The zero-order valence-corrected chi connectivity index (χ0v) is 11.9. The highest BCUT2D eigenvalue weighted by molar-refractivity contribution is 5.94.